The van der Waals surface area contributed by atoms with Gasteiger partial charge in [0.15, 0.2) is 5.96 Å². The third-order valence-corrected chi connectivity index (χ3v) is 5.84. The Labute approximate surface area is 165 Å². The molecule has 0 spiro atoms. The number of amides is 1. The highest BCUT2D eigenvalue weighted by Crippen LogP contribution is 2.27. The molecule has 0 bridgehead atoms. The number of halogens is 2. The molecule has 1 amide bonds. The zero-order valence-electron chi connectivity index (χ0n) is 16.7. The third-order valence-electron chi connectivity index (χ3n) is 5.84. The summed E-state index contributed by atoms with van der Waals surface area (Å²) in [6, 6.07) is 3.83. The molecule has 1 aliphatic heterocycles. The van der Waals surface area contributed by atoms with Crippen LogP contribution in [0.5, 0.6) is 0 Å². The van der Waals surface area contributed by atoms with Crippen molar-refractivity contribution in [2.24, 2.45) is 10.9 Å². The quantitative estimate of drug-likeness (QED) is 0.598. The summed E-state index contributed by atoms with van der Waals surface area (Å²) in [6.45, 7) is 3.83. The second-order valence-corrected chi connectivity index (χ2v) is 7.92. The summed E-state index contributed by atoms with van der Waals surface area (Å²) in [5, 5.41) is 6.57. The summed E-state index contributed by atoms with van der Waals surface area (Å²) in [4.78, 5) is 18.8. The van der Waals surface area contributed by atoms with Crippen LogP contribution in [-0.2, 0) is 4.79 Å². The second kappa shape index (κ2) is 9.34. The molecule has 1 aliphatic carbocycles. The van der Waals surface area contributed by atoms with Crippen molar-refractivity contribution < 1.29 is 13.6 Å². The molecule has 2 aliphatic rings. The fourth-order valence-electron chi connectivity index (χ4n) is 4.16. The van der Waals surface area contributed by atoms with E-state index in [-0.39, 0.29) is 17.9 Å². The maximum Gasteiger partial charge on any atom is 0.225 e. The van der Waals surface area contributed by atoms with Gasteiger partial charge in [0.05, 0.1) is 0 Å². The van der Waals surface area contributed by atoms with Crippen molar-refractivity contribution >= 4 is 11.9 Å². The summed E-state index contributed by atoms with van der Waals surface area (Å²) in [6.07, 6.45) is 5.26. The topological polar surface area (TPSA) is 56.7 Å². The van der Waals surface area contributed by atoms with Crippen molar-refractivity contribution in [1.82, 2.24) is 15.5 Å². The first-order valence-corrected chi connectivity index (χ1v) is 10.2. The molecule has 1 aromatic rings. The van der Waals surface area contributed by atoms with Gasteiger partial charge in [-0.2, -0.15) is 0 Å². The van der Waals surface area contributed by atoms with Crippen LogP contribution < -0.4 is 10.6 Å². The fraction of sp³-hybridized carbons (Fsp3) is 0.619. The molecular formula is C21H30F2N4O. The van der Waals surface area contributed by atoms with Crippen molar-refractivity contribution in [3.05, 3.63) is 35.4 Å². The average molecular weight is 392 g/mol. The van der Waals surface area contributed by atoms with Gasteiger partial charge in [-0.15, -0.1) is 0 Å². The zero-order chi connectivity index (χ0) is 20.1. The number of nitrogens with zero attached hydrogens (tertiary/aromatic N) is 2. The zero-order valence-corrected chi connectivity index (χ0v) is 16.7. The van der Waals surface area contributed by atoms with Crippen LogP contribution in [0.3, 0.4) is 0 Å². The first kappa shape index (κ1) is 20.6. The lowest BCUT2D eigenvalue weighted by atomic mass is 10.0. The minimum Gasteiger partial charge on any atom is -0.356 e. The van der Waals surface area contributed by atoms with Crippen LogP contribution in [0.25, 0.3) is 0 Å². The van der Waals surface area contributed by atoms with Crippen LogP contribution in [0.2, 0.25) is 0 Å². The molecule has 1 heterocycles. The van der Waals surface area contributed by atoms with Gasteiger partial charge in [0.2, 0.25) is 5.91 Å². The summed E-state index contributed by atoms with van der Waals surface area (Å²) < 4.78 is 27.0. The van der Waals surface area contributed by atoms with Crippen LogP contribution in [0.4, 0.5) is 8.78 Å². The number of aliphatic imine (C=N–C) groups is 1. The van der Waals surface area contributed by atoms with Gasteiger partial charge in [-0.05, 0) is 30.9 Å². The molecule has 2 fully saturated rings. The lowest BCUT2D eigenvalue weighted by Crippen LogP contribution is -2.46. The van der Waals surface area contributed by atoms with E-state index in [9.17, 15) is 13.6 Å². The summed E-state index contributed by atoms with van der Waals surface area (Å²) in [5.41, 5.74) is 0.471. The maximum atomic E-state index is 13.9. The highest BCUT2D eigenvalue weighted by molar-refractivity contribution is 5.81. The number of hydrogen-bond acceptors (Lipinski definition) is 2. The number of likely N-dealkylation sites (tertiary alicyclic amines) is 1. The molecule has 1 aromatic carbocycles. The molecule has 3 rings (SSSR count). The smallest absolute Gasteiger partial charge is 0.225 e. The van der Waals surface area contributed by atoms with Crippen LogP contribution >= 0.6 is 0 Å². The van der Waals surface area contributed by atoms with Gasteiger partial charge in [-0.3, -0.25) is 9.79 Å². The molecule has 2 N–H and O–H groups in total. The molecule has 2 unspecified atom stereocenters. The van der Waals surface area contributed by atoms with E-state index in [2.05, 4.69) is 15.6 Å². The second-order valence-electron chi connectivity index (χ2n) is 7.92. The van der Waals surface area contributed by atoms with Crippen molar-refractivity contribution in [2.75, 3.05) is 26.7 Å². The van der Waals surface area contributed by atoms with Crippen LogP contribution in [0, 0.1) is 17.6 Å². The van der Waals surface area contributed by atoms with E-state index >= 15 is 0 Å². The largest absolute Gasteiger partial charge is 0.356 e. The Morgan fingerprint density at radius 1 is 1.29 bits per heavy atom. The third kappa shape index (κ3) is 5.00. The maximum absolute atomic E-state index is 13.9. The standard InChI is InChI=1S/C21H30F2N4O/c1-14(18-8-7-16(22)11-19(18)23)12-25-21(24-2)26-17-9-10-27(13-17)20(28)15-5-3-4-6-15/h7-8,11,14-15,17H,3-6,9-10,12-13H2,1-2H3,(H2,24,25,26). The number of benzene rings is 1. The van der Waals surface area contributed by atoms with E-state index < -0.39 is 11.6 Å². The molecular weight excluding hydrogens is 362 g/mol. The highest BCUT2D eigenvalue weighted by atomic mass is 19.1. The SMILES string of the molecule is CN=C(NCC(C)c1ccc(F)cc1F)NC1CCN(C(=O)C2CCCC2)C1. The molecule has 5 nitrogen and oxygen atoms in total. The Morgan fingerprint density at radius 2 is 2.04 bits per heavy atom. The van der Waals surface area contributed by atoms with Crippen molar-refractivity contribution in [2.45, 2.75) is 51.0 Å². The number of rotatable bonds is 5. The molecule has 0 radical (unpaired) electrons. The molecule has 0 aromatic heterocycles. The highest BCUT2D eigenvalue weighted by Gasteiger charge is 2.32. The van der Waals surface area contributed by atoms with Crippen LogP contribution in [0.15, 0.2) is 23.2 Å². The predicted octanol–water partition coefficient (Wildman–Crippen LogP) is 3.02. The first-order valence-electron chi connectivity index (χ1n) is 10.2. The van der Waals surface area contributed by atoms with E-state index in [1.807, 2.05) is 11.8 Å². The van der Waals surface area contributed by atoms with Gasteiger partial charge in [0.25, 0.3) is 0 Å². The minimum atomic E-state index is -0.572. The minimum absolute atomic E-state index is 0.136. The number of carbonyl (C=O) groups is 1. The van der Waals surface area contributed by atoms with Crippen molar-refractivity contribution in [3.8, 4) is 0 Å². The number of hydrogen-bond donors (Lipinski definition) is 2. The Bertz CT molecular complexity index is 718. The van der Waals surface area contributed by atoms with E-state index in [1.54, 1.807) is 7.05 Å². The number of guanidine groups is 1. The Kier molecular flexibility index (Phi) is 6.86. The Hall–Kier alpha value is -2.18. The van der Waals surface area contributed by atoms with Crippen molar-refractivity contribution in [3.63, 3.8) is 0 Å². The molecule has 28 heavy (non-hydrogen) atoms. The fourth-order valence-corrected chi connectivity index (χ4v) is 4.16. The molecule has 2 atom stereocenters. The van der Waals surface area contributed by atoms with Crippen LogP contribution in [-0.4, -0.2) is 49.5 Å². The number of carbonyl (C=O) groups excluding carboxylic acids is 1. The monoisotopic (exact) mass is 392 g/mol. The lowest BCUT2D eigenvalue weighted by molar-refractivity contribution is -0.134. The predicted molar refractivity (Wildman–Crippen MR) is 106 cm³/mol. The normalized spacial score (nSPS) is 21.8. The summed E-state index contributed by atoms with van der Waals surface area (Å²) in [5.74, 6) is -0.101. The molecule has 154 valence electrons. The average Bonchev–Trinajstić information content (AvgIpc) is 3.36. The van der Waals surface area contributed by atoms with Gasteiger partial charge in [0.1, 0.15) is 11.6 Å². The van der Waals surface area contributed by atoms with E-state index in [4.69, 9.17) is 0 Å². The van der Waals surface area contributed by atoms with Gasteiger partial charge in [0, 0.05) is 50.6 Å². The molecule has 1 saturated carbocycles. The summed E-state index contributed by atoms with van der Waals surface area (Å²) in [7, 11) is 1.69. The molecule has 1 saturated heterocycles. The Morgan fingerprint density at radius 3 is 2.71 bits per heavy atom. The van der Waals surface area contributed by atoms with Gasteiger partial charge < -0.3 is 15.5 Å². The van der Waals surface area contributed by atoms with Gasteiger partial charge in [-0.1, -0.05) is 25.8 Å². The van der Waals surface area contributed by atoms with E-state index in [1.165, 1.54) is 12.1 Å². The van der Waals surface area contributed by atoms with E-state index in [0.717, 1.165) is 44.7 Å². The lowest BCUT2D eigenvalue weighted by Gasteiger charge is -2.22. The summed E-state index contributed by atoms with van der Waals surface area (Å²) >= 11 is 0. The number of nitrogens with one attached hydrogen (secondary N) is 2. The van der Waals surface area contributed by atoms with Crippen molar-refractivity contribution in [1.29, 1.82) is 0 Å². The molecule has 7 heteroatoms. The van der Waals surface area contributed by atoms with Crippen LogP contribution in [0.1, 0.15) is 50.5 Å². The van der Waals surface area contributed by atoms with Gasteiger partial charge >= 0.3 is 0 Å². The van der Waals surface area contributed by atoms with Gasteiger partial charge in [-0.25, -0.2) is 8.78 Å². The Balaban J connectivity index is 1.47. The van der Waals surface area contributed by atoms with E-state index in [0.29, 0.717) is 30.5 Å². The first-order chi connectivity index (χ1) is 13.5.